The molecule has 0 atom stereocenters. The summed E-state index contributed by atoms with van der Waals surface area (Å²) in [5.41, 5.74) is 10.4. The van der Waals surface area contributed by atoms with Gasteiger partial charge in [-0.25, -0.2) is 4.98 Å². The third-order valence-electron chi connectivity index (χ3n) is 4.43. The SMILES string of the molecule is C=C(C)c1nnc(N)c2nc(CCCC)n(Cc3ccc(OC)cc3)c12. The lowest BCUT2D eigenvalue weighted by atomic mass is 10.1. The highest BCUT2D eigenvalue weighted by molar-refractivity contribution is 5.92. The van der Waals surface area contributed by atoms with Crippen LogP contribution in [0.3, 0.4) is 0 Å². The van der Waals surface area contributed by atoms with Crippen molar-refractivity contribution in [1.82, 2.24) is 19.7 Å². The summed E-state index contributed by atoms with van der Waals surface area (Å²) in [6, 6.07) is 8.06. The summed E-state index contributed by atoms with van der Waals surface area (Å²) in [6.45, 7) is 8.83. The number of fused-ring (bicyclic) bond motifs is 1. The minimum atomic E-state index is 0.358. The molecular formula is C20H25N5O. The first-order valence-corrected chi connectivity index (χ1v) is 8.85. The Morgan fingerprint density at radius 1 is 1.23 bits per heavy atom. The zero-order valence-corrected chi connectivity index (χ0v) is 15.6. The van der Waals surface area contributed by atoms with Crippen LogP contribution in [0, 0.1) is 0 Å². The number of imidazole rings is 1. The molecule has 2 N–H and O–H groups in total. The highest BCUT2D eigenvalue weighted by Crippen LogP contribution is 2.28. The van der Waals surface area contributed by atoms with Crippen LogP contribution in [-0.2, 0) is 13.0 Å². The average molecular weight is 351 g/mol. The van der Waals surface area contributed by atoms with Gasteiger partial charge in [0.25, 0.3) is 0 Å². The van der Waals surface area contributed by atoms with Crippen LogP contribution in [0.25, 0.3) is 16.6 Å². The Bertz CT molecular complexity index is 928. The van der Waals surface area contributed by atoms with Crippen molar-refractivity contribution in [2.75, 3.05) is 12.8 Å². The fourth-order valence-corrected chi connectivity index (χ4v) is 3.01. The molecule has 26 heavy (non-hydrogen) atoms. The van der Waals surface area contributed by atoms with Gasteiger partial charge in [-0.3, -0.25) is 0 Å². The van der Waals surface area contributed by atoms with Crippen LogP contribution in [0.4, 0.5) is 5.82 Å². The summed E-state index contributed by atoms with van der Waals surface area (Å²) < 4.78 is 7.45. The molecule has 0 aliphatic heterocycles. The van der Waals surface area contributed by atoms with E-state index in [1.807, 2.05) is 19.1 Å². The highest BCUT2D eigenvalue weighted by Gasteiger charge is 2.19. The van der Waals surface area contributed by atoms with E-state index in [0.29, 0.717) is 17.9 Å². The van der Waals surface area contributed by atoms with E-state index in [1.54, 1.807) is 7.11 Å². The van der Waals surface area contributed by atoms with Crippen LogP contribution in [0.2, 0.25) is 0 Å². The molecule has 3 aromatic rings. The Morgan fingerprint density at radius 2 is 1.96 bits per heavy atom. The van der Waals surface area contributed by atoms with Crippen LogP contribution in [-0.4, -0.2) is 26.9 Å². The molecule has 6 heteroatoms. The third kappa shape index (κ3) is 3.40. The first-order chi connectivity index (χ1) is 12.5. The first-order valence-electron chi connectivity index (χ1n) is 8.85. The number of aryl methyl sites for hydroxylation is 1. The van der Waals surface area contributed by atoms with E-state index in [0.717, 1.165) is 53.2 Å². The van der Waals surface area contributed by atoms with Gasteiger partial charge >= 0.3 is 0 Å². The van der Waals surface area contributed by atoms with Gasteiger partial charge in [-0.2, -0.15) is 0 Å². The van der Waals surface area contributed by atoms with Crippen LogP contribution in [0.15, 0.2) is 30.8 Å². The number of methoxy groups -OCH3 is 1. The van der Waals surface area contributed by atoms with Gasteiger partial charge in [0.2, 0.25) is 0 Å². The van der Waals surface area contributed by atoms with Gasteiger partial charge in [-0.1, -0.05) is 32.1 Å². The molecule has 0 spiro atoms. The molecule has 0 aliphatic rings. The minimum Gasteiger partial charge on any atom is -0.497 e. The number of hydrogen-bond donors (Lipinski definition) is 1. The molecule has 0 aliphatic carbocycles. The summed E-state index contributed by atoms with van der Waals surface area (Å²) in [5.74, 6) is 2.20. The van der Waals surface area contributed by atoms with E-state index in [2.05, 4.69) is 40.4 Å². The maximum absolute atomic E-state index is 6.07. The lowest BCUT2D eigenvalue weighted by Crippen LogP contribution is -2.08. The van der Waals surface area contributed by atoms with Gasteiger partial charge in [0, 0.05) is 13.0 Å². The number of aromatic nitrogens is 4. The molecule has 3 rings (SSSR count). The molecule has 0 unspecified atom stereocenters. The Morgan fingerprint density at radius 3 is 2.58 bits per heavy atom. The molecule has 2 heterocycles. The Balaban J connectivity index is 2.15. The minimum absolute atomic E-state index is 0.358. The number of allylic oxidation sites excluding steroid dienone is 1. The average Bonchev–Trinajstić information content (AvgIpc) is 3.00. The highest BCUT2D eigenvalue weighted by atomic mass is 16.5. The summed E-state index contributed by atoms with van der Waals surface area (Å²) in [7, 11) is 1.67. The molecule has 2 aromatic heterocycles. The lowest BCUT2D eigenvalue weighted by molar-refractivity contribution is 0.414. The smallest absolute Gasteiger partial charge is 0.174 e. The number of benzene rings is 1. The number of nitrogen functional groups attached to an aromatic ring is 1. The Hall–Kier alpha value is -2.89. The van der Waals surface area contributed by atoms with Crippen molar-refractivity contribution in [3.8, 4) is 5.75 Å². The maximum atomic E-state index is 6.07. The Labute approximate surface area is 153 Å². The topological polar surface area (TPSA) is 78.9 Å². The van der Waals surface area contributed by atoms with E-state index in [-0.39, 0.29) is 0 Å². The Kier molecular flexibility index (Phi) is 5.21. The number of anilines is 1. The number of unbranched alkanes of at least 4 members (excludes halogenated alkanes) is 1. The largest absolute Gasteiger partial charge is 0.497 e. The van der Waals surface area contributed by atoms with Crippen LogP contribution >= 0.6 is 0 Å². The van der Waals surface area contributed by atoms with Gasteiger partial charge in [-0.05, 0) is 36.6 Å². The summed E-state index contributed by atoms with van der Waals surface area (Å²) in [4.78, 5) is 4.79. The first kappa shape index (κ1) is 17.9. The molecule has 0 amide bonds. The van der Waals surface area contributed by atoms with Crippen LogP contribution in [0.5, 0.6) is 5.75 Å². The van der Waals surface area contributed by atoms with Crippen molar-refractivity contribution in [1.29, 1.82) is 0 Å². The summed E-state index contributed by atoms with van der Waals surface area (Å²) >= 11 is 0. The maximum Gasteiger partial charge on any atom is 0.174 e. The molecule has 0 saturated carbocycles. The van der Waals surface area contributed by atoms with Crippen molar-refractivity contribution in [2.24, 2.45) is 0 Å². The predicted octanol–water partition coefficient (Wildman–Crippen LogP) is 3.84. The van der Waals surface area contributed by atoms with Crippen molar-refractivity contribution in [2.45, 2.75) is 39.7 Å². The molecule has 0 radical (unpaired) electrons. The second kappa shape index (κ2) is 7.56. The number of nitrogens with zero attached hydrogens (tertiary/aromatic N) is 4. The zero-order chi connectivity index (χ0) is 18.7. The van der Waals surface area contributed by atoms with Crippen LogP contribution < -0.4 is 10.5 Å². The van der Waals surface area contributed by atoms with E-state index in [1.165, 1.54) is 0 Å². The number of nitrogens with two attached hydrogens (primary N) is 1. The van der Waals surface area contributed by atoms with E-state index < -0.39 is 0 Å². The number of hydrogen-bond acceptors (Lipinski definition) is 5. The molecule has 136 valence electrons. The van der Waals surface area contributed by atoms with E-state index in [4.69, 9.17) is 15.5 Å². The van der Waals surface area contributed by atoms with Crippen molar-refractivity contribution < 1.29 is 4.74 Å². The molecule has 0 saturated heterocycles. The fourth-order valence-electron chi connectivity index (χ4n) is 3.01. The van der Waals surface area contributed by atoms with Gasteiger partial charge in [0.15, 0.2) is 5.82 Å². The van der Waals surface area contributed by atoms with Gasteiger partial charge in [0.1, 0.15) is 28.3 Å². The van der Waals surface area contributed by atoms with Crippen molar-refractivity contribution in [3.05, 3.63) is 47.9 Å². The van der Waals surface area contributed by atoms with Crippen molar-refractivity contribution >= 4 is 22.4 Å². The molecule has 0 fully saturated rings. The second-order valence-electron chi connectivity index (χ2n) is 6.48. The molecule has 1 aromatic carbocycles. The van der Waals surface area contributed by atoms with Gasteiger partial charge < -0.3 is 15.0 Å². The third-order valence-corrected chi connectivity index (χ3v) is 4.43. The number of ether oxygens (including phenoxy) is 1. The predicted molar refractivity (Wildman–Crippen MR) is 105 cm³/mol. The van der Waals surface area contributed by atoms with E-state index in [9.17, 15) is 0 Å². The molecule has 0 bridgehead atoms. The van der Waals surface area contributed by atoms with Gasteiger partial charge in [-0.15, -0.1) is 10.2 Å². The number of rotatable bonds is 7. The standard InChI is InChI=1S/C20H25N5O/c1-5-6-7-16-22-18-19(17(13(2)3)23-24-20(18)21)25(16)12-14-8-10-15(26-4)11-9-14/h8-11H,2,5-7,12H2,1,3-4H3,(H2,21,24). The molecular weight excluding hydrogens is 326 g/mol. The quantitative estimate of drug-likeness (QED) is 0.699. The van der Waals surface area contributed by atoms with Gasteiger partial charge in [0.05, 0.1) is 7.11 Å². The second-order valence-corrected chi connectivity index (χ2v) is 6.48. The summed E-state index contributed by atoms with van der Waals surface area (Å²) in [5, 5.41) is 8.34. The normalized spacial score (nSPS) is 11.0. The molecule has 6 nitrogen and oxygen atoms in total. The summed E-state index contributed by atoms with van der Waals surface area (Å²) in [6.07, 6.45) is 3.05. The lowest BCUT2D eigenvalue weighted by Gasteiger charge is -2.12. The van der Waals surface area contributed by atoms with E-state index >= 15 is 0 Å². The van der Waals surface area contributed by atoms with Crippen molar-refractivity contribution in [3.63, 3.8) is 0 Å². The monoisotopic (exact) mass is 351 g/mol. The fraction of sp³-hybridized carbons (Fsp3) is 0.350. The van der Waals surface area contributed by atoms with Crippen LogP contribution in [0.1, 0.15) is 43.8 Å². The zero-order valence-electron chi connectivity index (χ0n) is 15.6.